The summed E-state index contributed by atoms with van der Waals surface area (Å²) in [5, 5.41) is 2.35. The maximum absolute atomic E-state index is 6.43. The molecule has 0 aliphatic carbocycles. The molecule has 0 bridgehead atoms. The van der Waals surface area contributed by atoms with Crippen LogP contribution in [0, 0.1) is 0 Å². The molecule has 10 rings (SSSR count). The van der Waals surface area contributed by atoms with E-state index in [1.54, 1.807) is 0 Å². The van der Waals surface area contributed by atoms with E-state index in [-0.39, 0.29) is 6.71 Å². The third-order valence-corrected chi connectivity index (χ3v) is 12.5. The molecule has 286 valence electrons. The first-order valence-corrected chi connectivity index (χ1v) is 21.7. The Morgan fingerprint density at radius 3 is 1.69 bits per heavy atom. The maximum Gasteiger partial charge on any atom is 0.252 e. The van der Waals surface area contributed by atoms with Crippen LogP contribution in [0.3, 0.4) is 0 Å². The van der Waals surface area contributed by atoms with Crippen molar-refractivity contribution in [2.75, 3.05) is 9.80 Å². The lowest BCUT2D eigenvalue weighted by Gasteiger charge is -2.44. The number of para-hydroxylation sites is 1. The number of benzene rings is 7. The summed E-state index contributed by atoms with van der Waals surface area (Å²) in [6.07, 6.45) is 8.68. The number of nitrogens with zero attached hydrogens (tertiary/aromatic N) is 2. The predicted molar refractivity (Wildman–Crippen MR) is 249 cm³/mol. The van der Waals surface area contributed by atoms with Crippen molar-refractivity contribution in [3.05, 3.63) is 162 Å². The highest BCUT2D eigenvalue weighted by atomic mass is 16.3. The highest BCUT2D eigenvalue weighted by Crippen LogP contribution is 2.46. The van der Waals surface area contributed by atoms with Crippen molar-refractivity contribution in [3.8, 4) is 11.1 Å². The first-order chi connectivity index (χ1) is 28.6. The van der Waals surface area contributed by atoms with Crippen LogP contribution in [-0.4, -0.2) is 6.71 Å². The van der Waals surface area contributed by atoms with E-state index in [4.69, 9.17) is 4.42 Å². The molecule has 0 fully saturated rings. The summed E-state index contributed by atoms with van der Waals surface area (Å²) in [5.41, 5.74) is 21.5. The topological polar surface area (TPSA) is 19.6 Å². The Bertz CT molecular complexity index is 2820. The molecule has 4 heteroatoms. The van der Waals surface area contributed by atoms with Gasteiger partial charge in [-0.15, -0.1) is 0 Å². The average Bonchev–Trinajstić information content (AvgIpc) is 3.64. The molecular formula is C54H51BN2O. The summed E-state index contributed by atoms with van der Waals surface area (Å²) in [5.74, 6) is 0. The zero-order chi connectivity index (χ0) is 39.3. The Kier molecular flexibility index (Phi) is 9.44. The van der Waals surface area contributed by atoms with Gasteiger partial charge >= 0.3 is 0 Å². The fraction of sp³-hybridized carbons (Fsp3) is 0.222. The Labute approximate surface area is 344 Å². The van der Waals surface area contributed by atoms with Gasteiger partial charge in [0.15, 0.2) is 0 Å². The van der Waals surface area contributed by atoms with Crippen molar-refractivity contribution in [1.29, 1.82) is 0 Å². The summed E-state index contributed by atoms with van der Waals surface area (Å²) < 4.78 is 6.43. The van der Waals surface area contributed by atoms with E-state index in [0.29, 0.717) is 0 Å². The molecule has 0 saturated heterocycles. The zero-order valence-corrected chi connectivity index (χ0v) is 34.3. The third kappa shape index (κ3) is 5.96. The fourth-order valence-corrected chi connectivity index (χ4v) is 10.0. The van der Waals surface area contributed by atoms with Crippen LogP contribution in [0.5, 0.6) is 0 Å². The fourth-order valence-electron chi connectivity index (χ4n) is 10.0. The van der Waals surface area contributed by atoms with Gasteiger partial charge in [-0.1, -0.05) is 132 Å². The summed E-state index contributed by atoms with van der Waals surface area (Å²) in [6, 6.07) is 53.2. The summed E-state index contributed by atoms with van der Waals surface area (Å²) in [7, 11) is 0. The second kappa shape index (κ2) is 15.1. The molecule has 2 aliphatic heterocycles. The normalized spacial score (nSPS) is 12.9. The molecule has 8 aromatic rings. The molecule has 0 saturated carbocycles. The molecular weight excluding hydrogens is 703 g/mol. The Balaban J connectivity index is 1.23. The van der Waals surface area contributed by atoms with Gasteiger partial charge in [0.2, 0.25) is 0 Å². The van der Waals surface area contributed by atoms with Crippen molar-refractivity contribution in [2.45, 2.75) is 79.1 Å². The molecule has 3 heterocycles. The molecule has 0 N–H and O–H groups in total. The lowest BCUT2D eigenvalue weighted by Crippen LogP contribution is -2.61. The van der Waals surface area contributed by atoms with Crippen molar-refractivity contribution in [1.82, 2.24) is 0 Å². The number of hydrogen-bond acceptors (Lipinski definition) is 3. The Hall–Kier alpha value is -6.00. The van der Waals surface area contributed by atoms with Gasteiger partial charge in [-0.2, -0.15) is 0 Å². The number of anilines is 6. The maximum atomic E-state index is 6.43. The van der Waals surface area contributed by atoms with Crippen molar-refractivity contribution >= 4 is 79.2 Å². The number of fused-ring (bicyclic) bond motifs is 7. The monoisotopic (exact) mass is 754 g/mol. The largest absolute Gasteiger partial charge is 0.456 e. The minimum atomic E-state index is 0.113. The number of aryl methyl sites for hydroxylation is 4. The quantitative estimate of drug-likeness (QED) is 0.123. The van der Waals surface area contributed by atoms with E-state index in [2.05, 4.69) is 177 Å². The molecule has 0 spiro atoms. The molecule has 58 heavy (non-hydrogen) atoms. The van der Waals surface area contributed by atoms with Crippen LogP contribution in [0.15, 0.2) is 144 Å². The van der Waals surface area contributed by atoms with E-state index in [1.807, 2.05) is 0 Å². The molecule has 1 aromatic heterocycles. The molecule has 3 nitrogen and oxygen atoms in total. The lowest BCUT2D eigenvalue weighted by molar-refractivity contribution is 0.669. The van der Waals surface area contributed by atoms with Crippen LogP contribution in [-0.2, 0) is 25.7 Å². The molecule has 0 atom stereocenters. The van der Waals surface area contributed by atoms with Gasteiger partial charge in [-0.05, 0) is 136 Å². The molecule has 0 unspecified atom stereocenters. The van der Waals surface area contributed by atoms with Crippen LogP contribution < -0.4 is 26.2 Å². The molecule has 2 aliphatic rings. The second-order valence-electron chi connectivity index (χ2n) is 16.4. The van der Waals surface area contributed by atoms with Gasteiger partial charge < -0.3 is 14.2 Å². The first kappa shape index (κ1) is 36.4. The Morgan fingerprint density at radius 2 is 1.02 bits per heavy atom. The third-order valence-electron chi connectivity index (χ3n) is 12.5. The zero-order valence-electron chi connectivity index (χ0n) is 34.3. The average molecular weight is 755 g/mol. The van der Waals surface area contributed by atoms with Crippen molar-refractivity contribution in [3.63, 3.8) is 0 Å². The second-order valence-corrected chi connectivity index (χ2v) is 16.4. The van der Waals surface area contributed by atoms with Crippen LogP contribution in [0.4, 0.5) is 34.1 Å². The van der Waals surface area contributed by atoms with Gasteiger partial charge in [-0.3, -0.25) is 0 Å². The van der Waals surface area contributed by atoms with E-state index >= 15 is 0 Å². The standard InChI is InChI=1S/C54H51BN2O/c1-5-13-36-23-28-40(29-24-36)56-47-31-25-37(14-6-2)33-45(47)55-46-34-38(15-7-3)26-32-48(46)57(50-20-12-19-49(56)54(50)55)41-30-27-39(16-8-4)44(35-41)42-18-11-22-52-53(42)43-17-9-10-21-51(43)58-52/h9-12,17-35H,5-8,13-16H2,1-4H3. The highest BCUT2D eigenvalue weighted by molar-refractivity contribution is 7.00. The lowest BCUT2D eigenvalue weighted by atomic mass is 9.33. The van der Waals surface area contributed by atoms with Gasteiger partial charge in [0.25, 0.3) is 6.71 Å². The number of furan rings is 1. The minimum absolute atomic E-state index is 0.113. The van der Waals surface area contributed by atoms with Crippen LogP contribution in [0.2, 0.25) is 0 Å². The minimum Gasteiger partial charge on any atom is -0.456 e. The van der Waals surface area contributed by atoms with Crippen LogP contribution in [0.1, 0.15) is 75.6 Å². The van der Waals surface area contributed by atoms with E-state index in [0.717, 1.165) is 67.9 Å². The Morgan fingerprint density at radius 1 is 0.448 bits per heavy atom. The van der Waals surface area contributed by atoms with Gasteiger partial charge in [0.05, 0.1) is 0 Å². The van der Waals surface area contributed by atoms with Gasteiger partial charge in [0.1, 0.15) is 11.2 Å². The molecule has 0 amide bonds. The number of rotatable bonds is 11. The summed E-state index contributed by atoms with van der Waals surface area (Å²) in [6.45, 7) is 9.23. The van der Waals surface area contributed by atoms with Gasteiger partial charge in [0, 0.05) is 44.9 Å². The SMILES string of the molecule is CCCc1ccc(N2c3ccc(CCC)cc3B3c4cc(CCC)ccc4N(c4ccc(CCC)c(-c5cccc6oc7ccccc7c56)c4)c4cccc2c43)cc1. The number of hydrogen-bond donors (Lipinski definition) is 0. The van der Waals surface area contributed by atoms with E-state index < -0.39 is 0 Å². The van der Waals surface area contributed by atoms with E-state index in [1.165, 1.54) is 89.3 Å². The summed E-state index contributed by atoms with van der Waals surface area (Å²) >= 11 is 0. The molecule has 0 radical (unpaired) electrons. The van der Waals surface area contributed by atoms with Crippen molar-refractivity contribution in [2.24, 2.45) is 0 Å². The predicted octanol–water partition coefficient (Wildman–Crippen LogP) is 13.1. The van der Waals surface area contributed by atoms with Crippen LogP contribution in [0.25, 0.3) is 33.1 Å². The smallest absolute Gasteiger partial charge is 0.252 e. The van der Waals surface area contributed by atoms with Gasteiger partial charge in [-0.25, -0.2) is 0 Å². The van der Waals surface area contributed by atoms with E-state index in [9.17, 15) is 0 Å². The van der Waals surface area contributed by atoms with Crippen molar-refractivity contribution < 1.29 is 4.42 Å². The van der Waals surface area contributed by atoms with Crippen LogP contribution >= 0.6 is 0 Å². The summed E-state index contributed by atoms with van der Waals surface area (Å²) in [4.78, 5) is 5.10. The highest BCUT2D eigenvalue weighted by Gasteiger charge is 2.43. The molecule has 7 aromatic carbocycles. The first-order valence-electron chi connectivity index (χ1n) is 21.7.